The van der Waals surface area contributed by atoms with Gasteiger partial charge in [0.05, 0.1) is 11.4 Å². The molecule has 2 N–H and O–H groups in total. The van der Waals surface area contributed by atoms with Crippen molar-refractivity contribution in [3.05, 3.63) is 48.5 Å². The van der Waals surface area contributed by atoms with Gasteiger partial charge in [-0.3, -0.25) is 4.98 Å². The van der Waals surface area contributed by atoms with Crippen LogP contribution in [0.2, 0.25) is 0 Å². The number of imidazole rings is 1. The molecule has 4 nitrogen and oxygen atoms in total. The molecule has 0 saturated heterocycles. The normalized spacial score (nSPS) is 10.9. The summed E-state index contributed by atoms with van der Waals surface area (Å²) in [5, 5.41) is 0. The summed E-state index contributed by atoms with van der Waals surface area (Å²) >= 11 is 0. The molecule has 0 saturated carbocycles. The highest BCUT2D eigenvalue weighted by atomic mass is 15.0. The Morgan fingerprint density at radius 3 is 2.71 bits per heavy atom. The minimum atomic E-state index is 0.729. The lowest BCUT2D eigenvalue weighted by molar-refractivity contribution is 1.17. The summed E-state index contributed by atoms with van der Waals surface area (Å²) in [5.74, 6) is 0. The van der Waals surface area contributed by atoms with Gasteiger partial charge in [-0.15, -0.1) is 0 Å². The van der Waals surface area contributed by atoms with E-state index in [2.05, 4.69) is 9.97 Å². The average molecular weight is 224 g/mol. The monoisotopic (exact) mass is 224 g/mol. The molecule has 0 aromatic carbocycles. The van der Waals surface area contributed by atoms with Crippen molar-refractivity contribution in [2.45, 2.75) is 6.92 Å². The first-order valence-electron chi connectivity index (χ1n) is 5.40. The zero-order valence-electron chi connectivity index (χ0n) is 9.46. The molecule has 0 aliphatic heterocycles. The molecule has 17 heavy (non-hydrogen) atoms. The first-order valence-corrected chi connectivity index (χ1v) is 5.40. The first kappa shape index (κ1) is 9.84. The summed E-state index contributed by atoms with van der Waals surface area (Å²) in [6.45, 7) is 1.98. The van der Waals surface area contributed by atoms with Crippen LogP contribution in [-0.2, 0) is 0 Å². The molecular weight excluding hydrogens is 212 g/mol. The standard InChI is InChI=1S/C13H12N4/c1-9-4-7-17-8-11(16-13(17)12(9)14)10-2-5-15-6-3-10/h2-8H,14H2,1H3. The van der Waals surface area contributed by atoms with E-state index in [1.807, 2.05) is 41.9 Å². The molecule has 4 heteroatoms. The number of fused-ring (bicyclic) bond motifs is 1. The quantitative estimate of drug-likeness (QED) is 0.690. The van der Waals surface area contributed by atoms with Gasteiger partial charge in [0.2, 0.25) is 0 Å². The highest BCUT2D eigenvalue weighted by molar-refractivity contribution is 5.73. The Hall–Kier alpha value is -2.36. The van der Waals surface area contributed by atoms with Gasteiger partial charge in [0.1, 0.15) is 0 Å². The Bertz CT molecular complexity index is 670. The van der Waals surface area contributed by atoms with E-state index in [0.717, 1.165) is 28.2 Å². The summed E-state index contributed by atoms with van der Waals surface area (Å²) in [6.07, 6.45) is 7.46. The van der Waals surface area contributed by atoms with E-state index < -0.39 is 0 Å². The number of aryl methyl sites for hydroxylation is 1. The molecule has 0 aliphatic carbocycles. The number of hydrogen-bond acceptors (Lipinski definition) is 3. The molecule has 0 unspecified atom stereocenters. The summed E-state index contributed by atoms with van der Waals surface area (Å²) < 4.78 is 1.94. The van der Waals surface area contributed by atoms with E-state index in [9.17, 15) is 0 Å². The Labute approximate surface area is 98.8 Å². The molecule has 3 aromatic rings. The Morgan fingerprint density at radius 1 is 1.18 bits per heavy atom. The van der Waals surface area contributed by atoms with Crippen LogP contribution in [0.25, 0.3) is 16.9 Å². The van der Waals surface area contributed by atoms with Crippen molar-refractivity contribution in [1.82, 2.24) is 14.4 Å². The van der Waals surface area contributed by atoms with Crippen molar-refractivity contribution in [3.63, 3.8) is 0 Å². The Balaban J connectivity index is 2.24. The van der Waals surface area contributed by atoms with Crippen molar-refractivity contribution in [2.75, 3.05) is 5.73 Å². The van der Waals surface area contributed by atoms with Crippen molar-refractivity contribution in [1.29, 1.82) is 0 Å². The molecule has 3 aromatic heterocycles. The lowest BCUT2D eigenvalue weighted by Crippen LogP contribution is -1.94. The number of nitrogens with two attached hydrogens (primary N) is 1. The van der Waals surface area contributed by atoms with Gasteiger partial charge < -0.3 is 10.1 Å². The van der Waals surface area contributed by atoms with Gasteiger partial charge in [0.15, 0.2) is 5.65 Å². The number of nitrogen functional groups attached to an aromatic ring is 1. The van der Waals surface area contributed by atoms with Crippen LogP contribution in [0.3, 0.4) is 0 Å². The highest BCUT2D eigenvalue weighted by Crippen LogP contribution is 2.22. The van der Waals surface area contributed by atoms with Crippen molar-refractivity contribution < 1.29 is 0 Å². The third-order valence-electron chi connectivity index (χ3n) is 2.86. The van der Waals surface area contributed by atoms with Crippen molar-refractivity contribution >= 4 is 11.3 Å². The lowest BCUT2D eigenvalue weighted by Gasteiger charge is -2.00. The second-order valence-electron chi connectivity index (χ2n) is 4.01. The van der Waals surface area contributed by atoms with Crippen molar-refractivity contribution in [3.8, 4) is 11.3 Å². The van der Waals surface area contributed by atoms with Crippen LogP contribution in [0.15, 0.2) is 43.0 Å². The fourth-order valence-corrected chi connectivity index (χ4v) is 1.83. The molecule has 0 radical (unpaired) electrons. The molecule has 0 amide bonds. The van der Waals surface area contributed by atoms with Crippen molar-refractivity contribution in [2.24, 2.45) is 0 Å². The SMILES string of the molecule is Cc1ccn2cc(-c3ccncc3)nc2c1N. The molecule has 0 atom stereocenters. The topological polar surface area (TPSA) is 56.2 Å². The van der Waals surface area contributed by atoms with E-state index in [-0.39, 0.29) is 0 Å². The van der Waals surface area contributed by atoms with Crippen LogP contribution in [0.4, 0.5) is 5.69 Å². The molecule has 0 bridgehead atoms. The third kappa shape index (κ3) is 1.54. The van der Waals surface area contributed by atoms with Gasteiger partial charge in [-0.05, 0) is 30.7 Å². The van der Waals surface area contributed by atoms with Gasteiger partial charge in [0, 0.05) is 30.4 Å². The van der Waals surface area contributed by atoms with Crippen LogP contribution in [0, 0.1) is 6.92 Å². The van der Waals surface area contributed by atoms with Crippen LogP contribution in [0.5, 0.6) is 0 Å². The zero-order chi connectivity index (χ0) is 11.8. The van der Waals surface area contributed by atoms with E-state index in [0.29, 0.717) is 0 Å². The predicted octanol–water partition coefficient (Wildman–Crippen LogP) is 2.29. The molecule has 0 fully saturated rings. The fourth-order valence-electron chi connectivity index (χ4n) is 1.83. The van der Waals surface area contributed by atoms with Gasteiger partial charge in [-0.1, -0.05) is 0 Å². The van der Waals surface area contributed by atoms with Crippen LogP contribution in [-0.4, -0.2) is 14.4 Å². The summed E-state index contributed by atoms with van der Waals surface area (Å²) in [5.41, 5.74) is 10.5. The number of hydrogen-bond donors (Lipinski definition) is 1. The Kier molecular flexibility index (Phi) is 2.08. The molecule has 0 aliphatic rings. The zero-order valence-corrected chi connectivity index (χ0v) is 9.46. The second-order valence-corrected chi connectivity index (χ2v) is 4.01. The minimum absolute atomic E-state index is 0.729. The van der Waals surface area contributed by atoms with Gasteiger partial charge in [0.25, 0.3) is 0 Å². The summed E-state index contributed by atoms with van der Waals surface area (Å²) in [7, 11) is 0. The van der Waals surface area contributed by atoms with E-state index in [1.54, 1.807) is 12.4 Å². The highest BCUT2D eigenvalue weighted by Gasteiger charge is 2.07. The smallest absolute Gasteiger partial charge is 0.160 e. The second kappa shape index (κ2) is 3.59. The maximum atomic E-state index is 6.01. The number of anilines is 1. The van der Waals surface area contributed by atoms with E-state index in [1.165, 1.54) is 0 Å². The van der Waals surface area contributed by atoms with Gasteiger partial charge in [-0.2, -0.15) is 0 Å². The molecule has 0 spiro atoms. The lowest BCUT2D eigenvalue weighted by atomic mass is 10.2. The number of aromatic nitrogens is 3. The molecular formula is C13H12N4. The number of rotatable bonds is 1. The fraction of sp³-hybridized carbons (Fsp3) is 0.0769. The molecule has 3 heterocycles. The van der Waals surface area contributed by atoms with E-state index in [4.69, 9.17) is 5.73 Å². The van der Waals surface area contributed by atoms with Crippen LogP contribution < -0.4 is 5.73 Å². The maximum absolute atomic E-state index is 6.01. The maximum Gasteiger partial charge on any atom is 0.160 e. The Morgan fingerprint density at radius 2 is 1.94 bits per heavy atom. The number of pyridine rings is 2. The molecule has 84 valence electrons. The predicted molar refractivity (Wildman–Crippen MR) is 67.6 cm³/mol. The van der Waals surface area contributed by atoms with Gasteiger partial charge in [-0.25, -0.2) is 4.98 Å². The minimum Gasteiger partial charge on any atom is -0.395 e. The summed E-state index contributed by atoms with van der Waals surface area (Å²) in [4.78, 5) is 8.55. The third-order valence-corrected chi connectivity index (χ3v) is 2.86. The molecule has 3 rings (SSSR count). The van der Waals surface area contributed by atoms with Crippen LogP contribution >= 0.6 is 0 Å². The largest absolute Gasteiger partial charge is 0.395 e. The number of nitrogens with zero attached hydrogens (tertiary/aromatic N) is 3. The van der Waals surface area contributed by atoms with Gasteiger partial charge >= 0.3 is 0 Å². The summed E-state index contributed by atoms with van der Waals surface area (Å²) in [6, 6.07) is 5.86. The van der Waals surface area contributed by atoms with E-state index >= 15 is 0 Å². The van der Waals surface area contributed by atoms with Crippen LogP contribution in [0.1, 0.15) is 5.56 Å². The average Bonchev–Trinajstić information content (AvgIpc) is 2.80. The first-order chi connectivity index (χ1) is 8.25.